The predicted molar refractivity (Wildman–Crippen MR) is 82.5 cm³/mol. The van der Waals surface area contributed by atoms with Crippen LogP contribution in [0.2, 0.25) is 5.02 Å². The third-order valence-electron chi connectivity index (χ3n) is 3.25. The van der Waals surface area contributed by atoms with Gasteiger partial charge in [0.15, 0.2) is 0 Å². The maximum Gasteiger partial charge on any atom is 0.237 e. The molecule has 0 unspecified atom stereocenters. The molecule has 5 heteroatoms. The number of anilines is 1. The Kier molecular flexibility index (Phi) is 3.94. The molecule has 102 valence electrons. The van der Waals surface area contributed by atoms with E-state index in [1.807, 2.05) is 23.1 Å². The minimum absolute atomic E-state index is 0.0988. The van der Waals surface area contributed by atoms with Gasteiger partial charge in [0.2, 0.25) is 5.91 Å². The van der Waals surface area contributed by atoms with Crippen LogP contribution < -0.4 is 4.90 Å². The molecular formula is C15H13ClN2OS. The Morgan fingerprint density at radius 2 is 2.15 bits per heavy atom. The summed E-state index contributed by atoms with van der Waals surface area (Å²) in [6, 6.07) is 11.6. The molecule has 0 N–H and O–H groups in total. The van der Waals surface area contributed by atoms with E-state index < -0.39 is 0 Å². The number of para-hydroxylation sites is 1. The van der Waals surface area contributed by atoms with E-state index in [4.69, 9.17) is 11.6 Å². The molecule has 0 aliphatic carbocycles. The average Bonchev–Trinajstić information content (AvgIpc) is 2.90. The molecule has 0 bridgehead atoms. The fourth-order valence-electron chi connectivity index (χ4n) is 2.28. The highest BCUT2D eigenvalue weighted by molar-refractivity contribution is 8.00. The Morgan fingerprint density at radius 3 is 3.00 bits per heavy atom. The van der Waals surface area contributed by atoms with E-state index in [9.17, 15) is 4.79 Å². The summed E-state index contributed by atoms with van der Waals surface area (Å²) in [5.74, 6) is 0.451. The number of aromatic nitrogens is 1. The van der Waals surface area contributed by atoms with Crippen molar-refractivity contribution >= 4 is 35.0 Å². The molecule has 3 rings (SSSR count). The van der Waals surface area contributed by atoms with Gasteiger partial charge >= 0.3 is 0 Å². The maximum atomic E-state index is 12.3. The number of amides is 1. The molecule has 1 aliphatic rings. The van der Waals surface area contributed by atoms with Crippen LogP contribution in [-0.4, -0.2) is 23.2 Å². The fraction of sp³-hybridized carbons (Fsp3) is 0.200. The van der Waals surface area contributed by atoms with Crippen LogP contribution in [0.5, 0.6) is 0 Å². The number of halogens is 1. The van der Waals surface area contributed by atoms with E-state index in [-0.39, 0.29) is 5.91 Å². The van der Waals surface area contributed by atoms with E-state index in [0.29, 0.717) is 15.8 Å². The first-order valence-corrected chi connectivity index (χ1v) is 7.73. The van der Waals surface area contributed by atoms with E-state index >= 15 is 0 Å². The summed E-state index contributed by atoms with van der Waals surface area (Å²) in [5, 5.41) is 1.29. The lowest BCUT2D eigenvalue weighted by Gasteiger charge is -2.16. The number of carbonyl (C=O) groups excluding carboxylic acids is 1. The van der Waals surface area contributed by atoms with E-state index in [1.54, 1.807) is 18.3 Å². The second kappa shape index (κ2) is 5.85. The molecule has 0 saturated heterocycles. The number of nitrogens with zero attached hydrogens (tertiary/aromatic N) is 2. The molecular weight excluding hydrogens is 292 g/mol. The first-order chi connectivity index (χ1) is 9.75. The van der Waals surface area contributed by atoms with Crippen LogP contribution in [0.15, 0.2) is 47.6 Å². The van der Waals surface area contributed by atoms with Crippen molar-refractivity contribution in [2.24, 2.45) is 0 Å². The predicted octanol–water partition coefficient (Wildman–Crippen LogP) is 3.42. The SMILES string of the molecule is O=C(CSc1ncccc1Cl)N1CCc2ccccc21. The Labute approximate surface area is 127 Å². The zero-order valence-corrected chi connectivity index (χ0v) is 12.3. The zero-order chi connectivity index (χ0) is 13.9. The van der Waals surface area contributed by atoms with E-state index in [2.05, 4.69) is 11.1 Å². The van der Waals surface area contributed by atoms with Gasteiger partial charge in [-0.25, -0.2) is 4.98 Å². The highest BCUT2D eigenvalue weighted by Crippen LogP contribution is 2.29. The molecule has 0 atom stereocenters. The summed E-state index contributed by atoms with van der Waals surface area (Å²) in [6.07, 6.45) is 2.61. The largest absolute Gasteiger partial charge is 0.311 e. The number of carbonyl (C=O) groups is 1. The molecule has 0 radical (unpaired) electrons. The maximum absolute atomic E-state index is 12.3. The Morgan fingerprint density at radius 1 is 1.30 bits per heavy atom. The summed E-state index contributed by atoms with van der Waals surface area (Å²) < 4.78 is 0. The van der Waals surface area contributed by atoms with Gasteiger partial charge in [-0.2, -0.15) is 0 Å². The third-order valence-corrected chi connectivity index (χ3v) is 4.65. The summed E-state index contributed by atoms with van der Waals surface area (Å²) in [4.78, 5) is 18.4. The zero-order valence-electron chi connectivity index (χ0n) is 10.8. The number of benzene rings is 1. The Balaban J connectivity index is 1.68. The van der Waals surface area contributed by atoms with Crippen molar-refractivity contribution in [2.45, 2.75) is 11.4 Å². The van der Waals surface area contributed by atoms with Crippen molar-refractivity contribution in [3.8, 4) is 0 Å². The summed E-state index contributed by atoms with van der Waals surface area (Å²) >= 11 is 7.42. The monoisotopic (exact) mass is 304 g/mol. The molecule has 2 heterocycles. The summed E-state index contributed by atoms with van der Waals surface area (Å²) in [6.45, 7) is 0.759. The third kappa shape index (κ3) is 2.67. The quantitative estimate of drug-likeness (QED) is 0.815. The van der Waals surface area contributed by atoms with Crippen LogP contribution in [0.25, 0.3) is 0 Å². The van der Waals surface area contributed by atoms with Crippen LogP contribution in [0.3, 0.4) is 0 Å². The van der Waals surface area contributed by atoms with Gasteiger partial charge in [-0.15, -0.1) is 0 Å². The smallest absolute Gasteiger partial charge is 0.237 e. The summed E-state index contributed by atoms with van der Waals surface area (Å²) in [5.41, 5.74) is 2.27. The second-order valence-electron chi connectivity index (χ2n) is 4.50. The van der Waals surface area contributed by atoms with Crippen molar-refractivity contribution in [2.75, 3.05) is 17.2 Å². The molecule has 3 nitrogen and oxygen atoms in total. The number of pyridine rings is 1. The molecule has 1 amide bonds. The molecule has 1 aromatic carbocycles. The number of fused-ring (bicyclic) bond motifs is 1. The Hall–Kier alpha value is -1.52. The standard InChI is InChI=1S/C15H13ClN2OS/c16-12-5-3-8-17-15(12)20-10-14(19)18-9-7-11-4-1-2-6-13(11)18/h1-6,8H,7,9-10H2. The Bertz CT molecular complexity index is 647. The van der Waals surface area contributed by atoms with Gasteiger partial charge in [0.1, 0.15) is 5.03 Å². The summed E-state index contributed by atoms with van der Waals surface area (Å²) in [7, 11) is 0. The molecule has 0 fully saturated rings. The van der Waals surface area contributed by atoms with Crippen LogP contribution in [0.1, 0.15) is 5.56 Å². The van der Waals surface area contributed by atoms with Crippen LogP contribution in [0, 0.1) is 0 Å². The topological polar surface area (TPSA) is 33.2 Å². The second-order valence-corrected chi connectivity index (χ2v) is 5.87. The van der Waals surface area contributed by atoms with Crippen LogP contribution in [0.4, 0.5) is 5.69 Å². The van der Waals surface area contributed by atoms with Gasteiger partial charge in [-0.3, -0.25) is 4.79 Å². The number of hydrogen-bond acceptors (Lipinski definition) is 3. The van der Waals surface area contributed by atoms with Crippen molar-refractivity contribution < 1.29 is 4.79 Å². The molecule has 0 spiro atoms. The highest BCUT2D eigenvalue weighted by Gasteiger charge is 2.24. The van der Waals surface area contributed by atoms with Crippen molar-refractivity contribution in [3.63, 3.8) is 0 Å². The average molecular weight is 305 g/mol. The van der Waals surface area contributed by atoms with Crippen LogP contribution >= 0.6 is 23.4 Å². The van der Waals surface area contributed by atoms with Gasteiger partial charge in [0, 0.05) is 18.4 Å². The lowest BCUT2D eigenvalue weighted by Crippen LogP contribution is -2.30. The minimum Gasteiger partial charge on any atom is -0.311 e. The molecule has 20 heavy (non-hydrogen) atoms. The van der Waals surface area contributed by atoms with Gasteiger partial charge in [0.05, 0.1) is 10.8 Å². The first kappa shape index (κ1) is 13.5. The highest BCUT2D eigenvalue weighted by atomic mass is 35.5. The van der Waals surface area contributed by atoms with E-state index in [1.165, 1.54) is 17.3 Å². The van der Waals surface area contributed by atoms with Crippen molar-refractivity contribution in [1.82, 2.24) is 4.98 Å². The molecule has 2 aromatic rings. The molecule has 0 saturated carbocycles. The lowest BCUT2D eigenvalue weighted by atomic mass is 10.2. The first-order valence-electron chi connectivity index (χ1n) is 6.37. The fourth-order valence-corrected chi connectivity index (χ4v) is 3.33. The number of thioether (sulfide) groups is 1. The molecule has 1 aliphatic heterocycles. The van der Waals surface area contributed by atoms with Crippen LogP contribution in [-0.2, 0) is 11.2 Å². The van der Waals surface area contributed by atoms with E-state index in [0.717, 1.165) is 18.7 Å². The minimum atomic E-state index is 0.0988. The molecule has 1 aromatic heterocycles. The van der Waals surface area contributed by atoms with Crippen molar-refractivity contribution in [3.05, 3.63) is 53.2 Å². The van der Waals surface area contributed by atoms with Gasteiger partial charge in [-0.05, 0) is 30.2 Å². The van der Waals surface area contributed by atoms with Gasteiger partial charge in [0.25, 0.3) is 0 Å². The normalized spacial score (nSPS) is 13.3. The van der Waals surface area contributed by atoms with Gasteiger partial charge in [-0.1, -0.05) is 41.6 Å². The van der Waals surface area contributed by atoms with Gasteiger partial charge < -0.3 is 4.90 Å². The van der Waals surface area contributed by atoms with Crippen molar-refractivity contribution in [1.29, 1.82) is 0 Å². The number of hydrogen-bond donors (Lipinski definition) is 0. The lowest BCUT2D eigenvalue weighted by molar-refractivity contribution is -0.116. The number of rotatable bonds is 3.